The number of thioether (sulfide) groups is 1. The van der Waals surface area contributed by atoms with Crippen LogP contribution < -0.4 is 20.3 Å². The first-order chi connectivity index (χ1) is 34.5. The average Bonchev–Trinajstić information content (AvgIpc) is 4.01. The lowest BCUT2D eigenvalue weighted by Crippen LogP contribution is -2.52. The van der Waals surface area contributed by atoms with Crippen molar-refractivity contribution in [3.63, 3.8) is 0 Å². The van der Waals surface area contributed by atoms with Gasteiger partial charge >= 0.3 is 0 Å². The molecule has 0 radical (unpaired) electrons. The second kappa shape index (κ2) is 20.2. The van der Waals surface area contributed by atoms with E-state index in [9.17, 15) is 37.7 Å². The number of hydrogen-bond acceptors (Lipinski definition) is 14. The molecular weight excluding hydrogens is 963 g/mol. The summed E-state index contributed by atoms with van der Waals surface area (Å²) in [6.45, 7) is 9.22. The predicted molar refractivity (Wildman–Crippen MR) is 269 cm³/mol. The van der Waals surface area contributed by atoms with E-state index in [1.807, 2.05) is 49.1 Å². The van der Waals surface area contributed by atoms with Gasteiger partial charge in [0, 0.05) is 95.5 Å². The molecule has 2 fully saturated rings. The first-order valence-corrected chi connectivity index (χ1v) is 26.5. The Morgan fingerprint density at radius 3 is 2.42 bits per heavy atom. The van der Waals surface area contributed by atoms with E-state index >= 15 is 0 Å². The number of pyridine rings is 1. The topological polar surface area (TPSA) is 241 Å². The molecule has 0 aliphatic carbocycles. The molecular formula is C50H56N11O9S2+. The fourth-order valence-corrected chi connectivity index (χ4v) is 12.2. The number of anilines is 3. The number of fused-ring (bicyclic) bond motifs is 1. The molecule has 3 aromatic carbocycles. The van der Waals surface area contributed by atoms with Crippen LogP contribution in [0.2, 0.25) is 0 Å². The Morgan fingerprint density at radius 1 is 1.01 bits per heavy atom. The third-order valence-corrected chi connectivity index (χ3v) is 16.1. The number of quaternary nitrogens is 1. The zero-order valence-electron chi connectivity index (χ0n) is 40.4. The molecule has 5 aromatic rings. The minimum absolute atomic E-state index is 0.106. The highest BCUT2D eigenvalue weighted by atomic mass is 32.2. The number of imide groups is 1. The first kappa shape index (κ1) is 50.0. The lowest BCUT2D eigenvalue weighted by atomic mass is 9.75. The highest BCUT2D eigenvalue weighted by molar-refractivity contribution is 7.98. The molecule has 2 atom stereocenters. The Bertz CT molecular complexity index is 3100. The van der Waals surface area contributed by atoms with Crippen molar-refractivity contribution in [2.45, 2.75) is 68.0 Å². The number of nitro benzene ring substituents is 1. The number of nitrogens with one attached hydrogen (secondary N) is 3. The third kappa shape index (κ3) is 10.2. The maximum Gasteiger partial charge on any atom is 0.290 e. The monoisotopic (exact) mass is 1020 g/mol. The fourth-order valence-electron chi connectivity index (χ4n) is 10.3. The van der Waals surface area contributed by atoms with Crippen LogP contribution in [0.3, 0.4) is 0 Å². The number of nitro groups is 1. The average molecular weight is 1020 g/mol. The fraction of sp³-hybridized carbons (Fsp3) is 0.380. The number of ether oxygens (including phenoxy) is 1. The van der Waals surface area contributed by atoms with Gasteiger partial charge in [0.05, 0.1) is 37.8 Å². The number of carbonyl (C=O) groups excluding carboxylic acids is 4. The van der Waals surface area contributed by atoms with E-state index in [1.165, 1.54) is 0 Å². The zero-order valence-corrected chi connectivity index (χ0v) is 42.1. The molecule has 4 amide bonds. The molecule has 6 heterocycles. The Labute approximate surface area is 421 Å². The number of hydrogen-bond donors (Lipinski definition) is 3. The van der Waals surface area contributed by atoms with Gasteiger partial charge in [0.25, 0.3) is 39.3 Å². The minimum Gasteiger partial charge on any atom is -0.379 e. The second-order valence-electron chi connectivity index (χ2n) is 19.1. The smallest absolute Gasteiger partial charge is 0.290 e. The maximum absolute atomic E-state index is 14.6. The predicted octanol–water partition coefficient (Wildman–Crippen LogP) is 5.35. The van der Waals surface area contributed by atoms with Gasteiger partial charge in [0.1, 0.15) is 36.9 Å². The molecule has 4 aliphatic rings. The summed E-state index contributed by atoms with van der Waals surface area (Å²) in [5.41, 5.74) is 3.54. The van der Waals surface area contributed by atoms with Crippen LogP contribution in [-0.4, -0.2) is 118 Å². The highest BCUT2D eigenvalue weighted by Gasteiger charge is 2.44. The van der Waals surface area contributed by atoms with Gasteiger partial charge in [-0.3, -0.25) is 43.8 Å². The molecule has 2 saturated heterocycles. The van der Waals surface area contributed by atoms with Gasteiger partial charge in [0.2, 0.25) is 0 Å². The first-order valence-electron chi connectivity index (χ1n) is 23.7. The number of nitrogens with zero attached hydrogens (tertiary/aromatic N) is 8. The standard InChI is InChI=1S/C50H55N11O9S2/c1-5-51-43-22-36(50(29-70-30-50)24-45-55-53-31-57(45)3)23-44(54-43)59-25-39-38(49(59)65)19-34(20-41(39)71-4)28-61(18-6-7-32(2)26-61)27-33-8-11-37(12-9-33)56-72(68,69)42-13-10-35(21-40(42)60(66)67)48(64)52-16-17-58-46(62)14-15-47(58)63/h8-15,19-23,31-32,56H,5-7,16-18,24-30H2,1-4H3,(H-,51,52,54,64)/p+1/t32-,61?/m0/s1. The molecule has 376 valence electrons. The van der Waals surface area contributed by atoms with E-state index in [1.54, 1.807) is 35.1 Å². The largest absolute Gasteiger partial charge is 0.379 e. The van der Waals surface area contributed by atoms with E-state index in [4.69, 9.17) is 9.72 Å². The van der Waals surface area contributed by atoms with Crippen LogP contribution in [-0.2, 0) is 62.9 Å². The molecule has 3 N–H and O–H groups in total. The Balaban J connectivity index is 0.912. The molecule has 4 aliphatic heterocycles. The van der Waals surface area contributed by atoms with Crippen molar-refractivity contribution in [1.82, 2.24) is 30.0 Å². The summed E-state index contributed by atoms with van der Waals surface area (Å²) in [4.78, 5) is 70.5. The maximum atomic E-state index is 14.6. The van der Waals surface area contributed by atoms with Crippen molar-refractivity contribution < 1.29 is 41.7 Å². The summed E-state index contributed by atoms with van der Waals surface area (Å²) in [6.07, 6.45) is 8.69. The van der Waals surface area contributed by atoms with Crippen molar-refractivity contribution in [2.75, 3.05) is 67.1 Å². The number of likely N-dealkylation sites (tertiary alicyclic amines) is 1. The van der Waals surface area contributed by atoms with E-state index in [-0.39, 0.29) is 35.7 Å². The van der Waals surface area contributed by atoms with E-state index in [0.717, 1.165) is 98.6 Å². The van der Waals surface area contributed by atoms with Gasteiger partial charge in [-0.25, -0.2) is 13.4 Å². The Hall–Kier alpha value is -7.01. The van der Waals surface area contributed by atoms with Crippen molar-refractivity contribution in [3.05, 3.63) is 135 Å². The van der Waals surface area contributed by atoms with Gasteiger partial charge < -0.3 is 24.4 Å². The van der Waals surface area contributed by atoms with Crippen LogP contribution in [0.1, 0.15) is 75.5 Å². The highest BCUT2D eigenvalue weighted by Crippen LogP contribution is 2.41. The molecule has 1 unspecified atom stereocenters. The Morgan fingerprint density at radius 2 is 1.76 bits per heavy atom. The molecule has 0 bridgehead atoms. The van der Waals surface area contributed by atoms with E-state index < -0.39 is 43.3 Å². The molecule has 72 heavy (non-hydrogen) atoms. The summed E-state index contributed by atoms with van der Waals surface area (Å²) in [5, 5.41) is 26.5. The van der Waals surface area contributed by atoms with Crippen molar-refractivity contribution in [2.24, 2.45) is 13.0 Å². The number of aryl methyl sites for hydroxylation is 1. The quantitative estimate of drug-likeness (QED) is 0.0311. The van der Waals surface area contributed by atoms with E-state index in [2.05, 4.69) is 44.6 Å². The molecule has 9 rings (SSSR count). The number of amides is 4. The molecule has 0 saturated carbocycles. The van der Waals surface area contributed by atoms with Gasteiger partial charge in [-0.2, -0.15) is 0 Å². The van der Waals surface area contributed by atoms with Crippen LogP contribution in [0.5, 0.6) is 0 Å². The normalized spacial score (nSPS) is 19.3. The number of benzene rings is 3. The SMILES string of the molecule is CCNc1cc(C2(Cc3nncn3C)COC2)cc(N2Cc3c(SC)cc(C[N+]4(Cc5ccc(NS(=O)(=O)c6ccc(C(=O)NCCN7C(=O)C=CC7=O)cc6[N+](=O)[O-])cc5)CCC[C@H](C)C4)cc3C2=O)n1. The lowest BCUT2D eigenvalue weighted by Gasteiger charge is -2.44. The summed E-state index contributed by atoms with van der Waals surface area (Å²) in [5.74, 6) is 0.644. The van der Waals surface area contributed by atoms with Crippen LogP contribution in [0.15, 0.2) is 95.0 Å². The van der Waals surface area contributed by atoms with Crippen molar-refractivity contribution in [1.29, 1.82) is 0 Å². The Kier molecular flexibility index (Phi) is 14.0. The number of rotatable bonds is 19. The molecule has 0 spiro atoms. The van der Waals surface area contributed by atoms with Gasteiger partial charge in [-0.05, 0) is 85.7 Å². The van der Waals surface area contributed by atoms with E-state index in [0.29, 0.717) is 68.9 Å². The molecule has 22 heteroatoms. The minimum atomic E-state index is -4.50. The zero-order chi connectivity index (χ0) is 51.0. The second-order valence-corrected chi connectivity index (χ2v) is 21.6. The van der Waals surface area contributed by atoms with Gasteiger partial charge in [-0.1, -0.05) is 19.1 Å². The number of aromatic nitrogens is 4. The van der Waals surface area contributed by atoms with Crippen LogP contribution >= 0.6 is 11.8 Å². The molecule has 2 aromatic heterocycles. The third-order valence-electron chi connectivity index (χ3n) is 13.9. The van der Waals surface area contributed by atoms with Gasteiger partial charge in [-0.15, -0.1) is 22.0 Å². The lowest BCUT2D eigenvalue weighted by molar-refractivity contribution is -0.960. The van der Waals surface area contributed by atoms with Crippen LogP contribution in [0.25, 0.3) is 0 Å². The van der Waals surface area contributed by atoms with Crippen LogP contribution in [0.4, 0.5) is 23.0 Å². The van der Waals surface area contributed by atoms with Crippen LogP contribution in [0, 0.1) is 16.0 Å². The number of sulfonamides is 1. The summed E-state index contributed by atoms with van der Waals surface area (Å²) in [6, 6.07) is 18.3. The summed E-state index contributed by atoms with van der Waals surface area (Å²) >= 11 is 1.62. The van der Waals surface area contributed by atoms with Crippen molar-refractivity contribution in [3.8, 4) is 0 Å². The summed E-state index contributed by atoms with van der Waals surface area (Å²) in [7, 11) is -2.57. The van der Waals surface area contributed by atoms with Gasteiger partial charge in [0.15, 0.2) is 4.90 Å². The number of carbonyl (C=O) groups is 4. The molecule has 20 nitrogen and oxygen atoms in total. The summed E-state index contributed by atoms with van der Waals surface area (Å²) < 4.78 is 38.3. The van der Waals surface area contributed by atoms with Crippen molar-refractivity contribution >= 4 is 68.4 Å². The number of piperidine rings is 1.